The van der Waals surface area contributed by atoms with E-state index in [-0.39, 0.29) is 0 Å². The van der Waals surface area contributed by atoms with Gasteiger partial charge in [-0.15, -0.1) is 0 Å². The lowest BCUT2D eigenvalue weighted by atomic mass is 9.72. The molecule has 0 unspecified atom stereocenters. The highest BCUT2D eigenvalue weighted by Gasteiger charge is 2.43. The number of methoxy groups -OCH3 is 4. The molecule has 0 aliphatic carbocycles. The van der Waals surface area contributed by atoms with Crippen LogP contribution in [0.5, 0.6) is 23.5 Å². The number of fused-ring (bicyclic) bond motifs is 1. The zero-order valence-electron chi connectivity index (χ0n) is 25.9. The van der Waals surface area contributed by atoms with Crippen LogP contribution >= 0.6 is 0 Å². The maximum atomic E-state index is 13.1. The van der Waals surface area contributed by atoms with Crippen molar-refractivity contribution in [3.05, 3.63) is 70.8 Å². The Labute approximate surface area is 252 Å². The highest BCUT2D eigenvalue weighted by molar-refractivity contribution is 5.82. The Balaban J connectivity index is 2.15. The Morgan fingerprint density at radius 2 is 1.49 bits per heavy atom. The van der Waals surface area contributed by atoms with E-state index >= 15 is 0 Å². The number of hydrogen-bond acceptors (Lipinski definition) is 11. The van der Waals surface area contributed by atoms with Crippen molar-refractivity contribution >= 4 is 16.7 Å². The molecule has 3 aromatic heterocycles. The van der Waals surface area contributed by atoms with E-state index in [9.17, 15) is 10.4 Å². The van der Waals surface area contributed by atoms with Gasteiger partial charge in [-0.3, -0.25) is 0 Å². The summed E-state index contributed by atoms with van der Waals surface area (Å²) >= 11 is 0. The van der Waals surface area contributed by atoms with E-state index in [4.69, 9.17) is 23.9 Å². The van der Waals surface area contributed by atoms with Crippen LogP contribution < -0.4 is 23.8 Å². The second-order valence-corrected chi connectivity index (χ2v) is 10.7. The minimum absolute atomic E-state index is 0.292. The molecule has 0 saturated carbocycles. The van der Waals surface area contributed by atoms with Crippen molar-refractivity contribution in [2.45, 2.75) is 17.9 Å². The van der Waals surface area contributed by atoms with Gasteiger partial charge in [-0.05, 0) is 62.0 Å². The fourth-order valence-electron chi connectivity index (χ4n) is 5.13. The summed E-state index contributed by atoms with van der Waals surface area (Å²) in [6, 6.07) is 16.5. The number of pyridine rings is 3. The molecular weight excluding hydrogens is 548 g/mol. The largest absolute Gasteiger partial charge is 0.481 e. The summed E-state index contributed by atoms with van der Waals surface area (Å²) in [7, 11) is 13.8. The minimum Gasteiger partial charge on any atom is -0.481 e. The molecule has 0 radical (unpaired) electrons. The van der Waals surface area contributed by atoms with E-state index in [1.54, 1.807) is 44.6 Å². The molecule has 1 aromatic carbocycles. The average Bonchev–Trinajstić information content (AvgIpc) is 3.02. The first-order chi connectivity index (χ1) is 20.6. The minimum atomic E-state index is -1.58. The quantitative estimate of drug-likeness (QED) is 0.259. The topological polar surface area (TPSA) is 126 Å². The number of rotatable bonds is 12. The second-order valence-electron chi connectivity index (χ2n) is 10.7. The summed E-state index contributed by atoms with van der Waals surface area (Å²) in [5, 5.41) is 23.5. The van der Waals surface area contributed by atoms with E-state index in [1.165, 1.54) is 14.2 Å². The number of ether oxygens (including phenoxy) is 4. The van der Waals surface area contributed by atoms with Crippen LogP contribution in [0, 0.1) is 11.3 Å². The van der Waals surface area contributed by atoms with Gasteiger partial charge in [-0.2, -0.15) is 15.2 Å². The first-order valence-corrected chi connectivity index (χ1v) is 13.7. The normalized spacial score (nSPS) is 13.2. The number of aromatic nitrogens is 3. The maximum Gasteiger partial charge on any atom is 0.217 e. The van der Waals surface area contributed by atoms with Crippen LogP contribution in [0.2, 0.25) is 0 Å². The lowest BCUT2D eigenvalue weighted by molar-refractivity contribution is 0.00326. The predicted octanol–water partition coefficient (Wildman–Crippen LogP) is 3.97. The lowest BCUT2D eigenvalue weighted by Crippen LogP contribution is -2.38. The monoisotopic (exact) mass is 586 g/mol. The van der Waals surface area contributed by atoms with E-state index in [0.717, 1.165) is 5.39 Å². The molecular formula is C32H38N6O5. The number of nitrogens with zero attached hydrogens (tertiary/aromatic N) is 6. The third kappa shape index (κ3) is 6.56. The van der Waals surface area contributed by atoms with Crippen LogP contribution in [-0.4, -0.2) is 88.1 Å². The van der Waals surface area contributed by atoms with Crippen molar-refractivity contribution in [3.63, 3.8) is 0 Å². The Morgan fingerprint density at radius 3 is 2.05 bits per heavy atom. The van der Waals surface area contributed by atoms with E-state index in [1.807, 2.05) is 56.2 Å². The summed E-state index contributed by atoms with van der Waals surface area (Å²) in [5.41, 5.74) is 1.41. The summed E-state index contributed by atoms with van der Waals surface area (Å²) in [4.78, 5) is 17.7. The second kappa shape index (κ2) is 13.1. The third-order valence-electron chi connectivity index (χ3n) is 7.37. The first kappa shape index (κ1) is 31.3. The fraction of sp³-hybridized carbons (Fsp3) is 0.375. The number of benzene rings is 1. The van der Waals surface area contributed by atoms with Crippen molar-refractivity contribution < 1.29 is 24.1 Å². The summed E-state index contributed by atoms with van der Waals surface area (Å²) in [6.45, 7) is 0.532. The Morgan fingerprint density at radius 1 is 0.837 bits per heavy atom. The maximum absolute atomic E-state index is 13.1. The van der Waals surface area contributed by atoms with Gasteiger partial charge in [0.1, 0.15) is 11.4 Å². The zero-order chi connectivity index (χ0) is 31.3. The molecule has 226 valence electrons. The molecule has 2 atom stereocenters. The van der Waals surface area contributed by atoms with Crippen LogP contribution in [0.25, 0.3) is 10.9 Å². The number of anilines is 1. The molecule has 11 heteroatoms. The van der Waals surface area contributed by atoms with Crippen molar-refractivity contribution in [2.24, 2.45) is 0 Å². The predicted molar refractivity (Wildman–Crippen MR) is 164 cm³/mol. The third-order valence-corrected chi connectivity index (χ3v) is 7.37. The van der Waals surface area contributed by atoms with Gasteiger partial charge in [0.05, 0.1) is 45.6 Å². The number of aliphatic hydroxyl groups is 1. The number of hydrogen-bond donors (Lipinski definition) is 1. The molecule has 0 amide bonds. The van der Waals surface area contributed by atoms with Gasteiger partial charge in [-0.1, -0.05) is 0 Å². The van der Waals surface area contributed by atoms with Crippen LogP contribution in [0.15, 0.2) is 48.5 Å². The van der Waals surface area contributed by atoms with Crippen molar-refractivity contribution in [2.75, 3.05) is 68.1 Å². The van der Waals surface area contributed by atoms with Crippen LogP contribution in [0.3, 0.4) is 0 Å². The lowest BCUT2D eigenvalue weighted by Gasteiger charge is -2.39. The van der Waals surface area contributed by atoms with Crippen molar-refractivity contribution in [3.8, 4) is 29.6 Å². The molecule has 0 aliphatic heterocycles. The molecule has 3 heterocycles. The van der Waals surface area contributed by atoms with Gasteiger partial charge in [0.2, 0.25) is 23.5 Å². The highest BCUT2D eigenvalue weighted by atomic mass is 16.5. The number of nitriles is 1. The van der Waals surface area contributed by atoms with Crippen molar-refractivity contribution in [1.29, 1.82) is 5.26 Å². The summed E-state index contributed by atoms with van der Waals surface area (Å²) in [5.74, 6) is 1.17. The smallest absolute Gasteiger partial charge is 0.217 e. The van der Waals surface area contributed by atoms with Gasteiger partial charge >= 0.3 is 0 Å². The van der Waals surface area contributed by atoms with E-state index in [2.05, 4.69) is 16.0 Å². The SMILES string of the molecule is COc1cc([C@](O)(CCN(C)C)[C@H](c2cc(OC)nc(N(C)C)c2)c2cc3cc(C#N)ccc3nc2OC)cc(OC)n1. The molecule has 11 nitrogen and oxygen atoms in total. The van der Waals surface area contributed by atoms with Crippen LogP contribution in [-0.2, 0) is 5.60 Å². The Bertz CT molecular complexity index is 1610. The Hall–Kier alpha value is -4.66. The summed E-state index contributed by atoms with van der Waals surface area (Å²) < 4.78 is 22.5. The van der Waals surface area contributed by atoms with Gasteiger partial charge in [0.15, 0.2) is 0 Å². The average molecular weight is 587 g/mol. The van der Waals surface area contributed by atoms with Gasteiger partial charge in [-0.25, -0.2) is 4.98 Å². The van der Waals surface area contributed by atoms with Gasteiger partial charge in [0, 0.05) is 55.7 Å². The zero-order valence-corrected chi connectivity index (χ0v) is 25.9. The summed E-state index contributed by atoms with van der Waals surface area (Å²) in [6.07, 6.45) is 0.294. The van der Waals surface area contributed by atoms with Gasteiger partial charge < -0.3 is 33.9 Å². The van der Waals surface area contributed by atoms with Crippen LogP contribution in [0.1, 0.15) is 34.6 Å². The standard InChI is InChI=1S/C32H38N6O5/c1-37(2)12-11-32(39,23-17-28(41-6)36-29(18-23)42-7)30(22-15-26(38(3)4)35-27(16-22)40-5)24-14-21-13-20(19-33)9-10-25(21)34-31(24)43-8/h9-10,13-18,30,39H,11-12H2,1-8H3/t30-,32-/m1/s1. The Kier molecular flexibility index (Phi) is 9.53. The van der Waals surface area contributed by atoms with E-state index < -0.39 is 11.5 Å². The first-order valence-electron chi connectivity index (χ1n) is 13.7. The van der Waals surface area contributed by atoms with E-state index in [0.29, 0.717) is 70.1 Å². The molecule has 4 rings (SSSR count). The molecule has 0 fully saturated rings. The molecule has 43 heavy (non-hydrogen) atoms. The molecule has 0 aliphatic rings. The molecule has 4 aromatic rings. The highest BCUT2D eigenvalue weighted by Crippen LogP contribution is 2.49. The fourth-order valence-corrected chi connectivity index (χ4v) is 5.13. The van der Waals surface area contributed by atoms with Crippen LogP contribution in [0.4, 0.5) is 5.82 Å². The molecule has 1 N–H and O–H groups in total. The van der Waals surface area contributed by atoms with Crippen molar-refractivity contribution in [1.82, 2.24) is 19.9 Å². The molecule has 0 saturated heterocycles. The molecule has 0 bridgehead atoms. The van der Waals surface area contributed by atoms with Gasteiger partial charge in [0.25, 0.3) is 0 Å². The molecule has 0 spiro atoms.